The van der Waals surface area contributed by atoms with Crippen molar-refractivity contribution in [2.45, 2.75) is 5.41 Å². The van der Waals surface area contributed by atoms with Gasteiger partial charge in [-0.2, -0.15) is 5.26 Å². The van der Waals surface area contributed by atoms with E-state index in [0.29, 0.717) is 5.56 Å². The Morgan fingerprint density at radius 3 is 1.31 bits per heavy atom. The van der Waals surface area contributed by atoms with E-state index in [0.717, 1.165) is 106 Å². The smallest absolute Gasteiger partial charge is 0.132 e. The number of hydrogen-bond acceptors (Lipinski definition) is 4. The topological polar surface area (TPSA) is 73.6 Å². The van der Waals surface area contributed by atoms with Crippen LogP contribution in [0.15, 0.2) is 207 Å². The molecule has 2 aliphatic rings. The fourth-order valence-electron chi connectivity index (χ4n) is 11.7. The van der Waals surface area contributed by atoms with Crippen LogP contribution in [0.4, 0.5) is 0 Å². The summed E-state index contributed by atoms with van der Waals surface area (Å²) >= 11 is 0. The minimum absolute atomic E-state index is 0.627. The van der Waals surface area contributed by atoms with Crippen LogP contribution in [-0.4, -0.2) is 23.7 Å². The van der Waals surface area contributed by atoms with Gasteiger partial charge in [0.15, 0.2) is 0 Å². The summed E-state index contributed by atoms with van der Waals surface area (Å²) in [5, 5.41) is 16.8. The lowest BCUT2D eigenvalue weighted by atomic mass is 9.66. The Kier molecular flexibility index (Phi) is 7.10. The number of nitriles is 1. The standard InChI is InChI=1S/C60H34N6O/c61-33-36-25-27-55-45(29-36)44-17-5-11-23-54(44)64(55)37-26-28-57-47(30-37)60(46-18-6-12-24-56(46)67-57)48-31-38(65-50-19-7-1-13-40(50)41-14-2-8-20-51(41)65)34-62-58(48)59-49(60)32-39(35-63-59)66-52-21-9-3-15-42(52)43-16-4-10-22-53(43)66/h1-32,34-35H. The summed E-state index contributed by atoms with van der Waals surface area (Å²) in [5.41, 5.74) is 14.9. The first-order valence-corrected chi connectivity index (χ1v) is 22.5. The minimum Gasteiger partial charge on any atom is -0.457 e. The van der Waals surface area contributed by atoms with Crippen LogP contribution >= 0.6 is 0 Å². The summed E-state index contributed by atoms with van der Waals surface area (Å²) in [6.07, 6.45) is 4.03. The van der Waals surface area contributed by atoms with Gasteiger partial charge in [0.25, 0.3) is 0 Å². The van der Waals surface area contributed by atoms with E-state index in [9.17, 15) is 5.26 Å². The Morgan fingerprint density at radius 1 is 0.373 bits per heavy atom. The Hall–Kier alpha value is -9.25. The van der Waals surface area contributed by atoms with E-state index in [-0.39, 0.29) is 0 Å². The summed E-state index contributed by atoms with van der Waals surface area (Å²) in [4.78, 5) is 10.9. The van der Waals surface area contributed by atoms with E-state index in [1.54, 1.807) is 0 Å². The largest absolute Gasteiger partial charge is 0.457 e. The zero-order valence-electron chi connectivity index (χ0n) is 35.7. The highest BCUT2D eigenvalue weighted by atomic mass is 16.5. The van der Waals surface area contributed by atoms with Crippen molar-refractivity contribution in [1.29, 1.82) is 5.26 Å². The summed E-state index contributed by atoms with van der Waals surface area (Å²) in [6.45, 7) is 0. The highest BCUT2D eigenvalue weighted by Gasteiger charge is 2.53. The molecule has 0 saturated carbocycles. The van der Waals surface area contributed by atoms with Gasteiger partial charge in [-0.05, 0) is 84.9 Å². The predicted molar refractivity (Wildman–Crippen MR) is 267 cm³/mol. The van der Waals surface area contributed by atoms with Gasteiger partial charge in [-0.3, -0.25) is 9.97 Å². The molecule has 5 aromatic heterocycles. The maximum Gasteiger partial charge on any atom is 0.132 e. The molecule has 1 aliphatic heterocycles. The number of para-hydroxylation sites is 6. The third-order valence-corrected chi connectivity index (χ3v) is 14.4. The lowest BCUT2D eigenvalue weighted by Gasteiger charge is -2.39. The molecule has 0 fully saturated rings. The fraction of sp³-hybridized carbons (Fsp3) is 0.0167. The number of aromatic nitrogens is 5. The third kappa shape index (κ3) is 4.68. The quantitative estimate of drug-likeness (QED) is 0.177. The van der Waals surface area contributed by atoms with Crippen LogP contribution in [0.5, 0.6) is 11.5 Å². The van der Waals surface area contributed by atoms with E-state index in [2.05, 4.69) is 202 Å². The number of pyridine rings is 2. The lowest BCUT2D eigenvalue weighted by molar-refractivity contribution is 0.436. The second kappa shape index (κ2) is 13.2. The first kappa shape index (κ1) is 36.1. The van der Waals surface area contributed by atoms with Crippen molar-refractivity contribution in [1.82, 2.24) is 23.7 Å². The highest BCUT2D eigenvalue weighted by molar-refractivity contribution is 6.11. The average Bonchev–Trinajstić information content (AvgIpc) is 4.10. The molecule has 67 heavy (non-hydrogen) atoms. The minimum atomic E-state index is -0.929. The van der Waals surface area contributed by atoms with Crippen LogP contribution in [0.25, 0.3) is 93.9 Å². The van der Waals surface area contributed by atoms with E-state index in [1.807, 2.05) is 24.5 Å². The molecule has 0 amide bonds. The molecule has 0 saturated heterocycles. The first-order chi connectivity index (χ1) is 33.2. The molecule has 1 aliphatic carbocycles. The molecular formula is C60H34N6O. The molecule has 0 radical (unpaired) electrons. The lowest BCUT2D eigenvalue weighted by Crippen LogP contribution is -2.32. The van der Waals surface area contributed by atoms with Crippen molar-refractivity contribution in [3.63, 3.8) is 0 Å². The molecule has 7 heteroatoms. The van der Waals surface area contributed by atoms with Crippen molar-refractivity contribution >= 4 is 65.4 Å². The van der Waals surface area contributed by atoms with Crippen molar-refractivity contribution in [2.75, 3.05) is 0 Å². The van der Waals surface area contributed by atoms with E-state index in [4.69, 9.17) is 14.7 Å². The molecule has 6 heterocycles. The molecule has 1 spiro atoms. The zero-order chi connectivity index (χ0) is 44.0. The van der Waals surface area contributed by atoms with Crippen LogP contribution in [0.3, 0.4) is 0 Å². The molecule has 0 unspecified atom stereocenters. The summed E-state index contributed by atoms with van der Waals surface area (Å²) in [6, 6.07) is 71.0. The van der Waals surface area contributed by atoms with Crippen molar-refractivity contribution < 1.29 is 4.74 Å². The van der Waals surface area contributed by atoms with Crippen LogP contribution in [0.2, 0.25) is 0 Å². The SMILES string of the molecule is N#Cc1ccc2c(c1)c1ccccc1n2-c1ccc2c(c1)C1(c3ccccc3O2)c2cc(-n3c4ccccc4c4ccccc43)cnc2-c2ncc(-n3c4ccccc4c4ccccc43)cc21. The second-order valence-corrected chi connectivity index (χ2v) is 17.6. The van der Waals surface area contributed by atoms with Crippen molar-refractivity contribution in [3.05, 3.63) is 234 Å². The zero-order valence-corrected chi connectivity index (χ0v) is 35.7. The van der Waals surface area contributed by atoms with Gasteiger partial charge >= 0.3 is 0 Å². The first-order valence-electron chi connectivity index (χ1n) is 22.5. The van der Waals surface area contributed by atoms with Gasteiger partial charge in [-0.1, -0.05) is 109 Å². The van der Waals surface area contributed by atoms with Crippen LogP contribution < -0.4 is 4.74 Å². The molecule has 0 N–H and O–H groups in total. The molecule has 8 aromatic carbocycles. The second-order valence-electron chi connectivity index (χ2n) is 17.6. The molecule has 13 aromatic rings. The molecule has 0 atom stereocenters. The van der Waals surface area contributed by atoms with Gasteiger partial charge in [0.05, 0.1) is 85.3 Å². The number of hydrogen-bond donors (Lipinski definition) is 0. The predicted octanol–water partition coefficient (Wildman–Crippen LogP) is 14.1. The maximum atomic E-state index is 9.97. The van der Waals surface area contributed by atoms with E-state index in [1.165, 1.54) is 21.5 Å². The number of nitrogens with zero attached hydrogens (tertiary/aromatic N) is 6. The molecule has 0 bridgehead atoms. The fourth-order valence-corrected chi connectivity index (χ4v) is 11.7. The van der Waals surface area contributed by atoms with Gasteiger partial charge in [-0.25, -0.2) is 0 Å². The normalized spacial score (nSPS) is 13.3. The average molecular weight is 855 g/mol. The summed E-state index contributed by atoms with van der Waals surface area (Å²) < 4.78 is 14.0. The van der Waals surface area contributed by atoms with Crippen LogP contribution in [0, 0.1) is 11.3 Å². The van der Waals surface area contributed by atoms with Gasteiger partial charge in [-0.15, -0.1) is 0 Å². The van der Waals surface area contributed by atoms with Gasteiger partial charge in [0.2, 0.25) is 0 Å². The van der Waals surface area contributed by atoms with Gasteiger partial charge < -0.3 is 18.4 Å². The molecule has 15 rings (SSSR count). The maximum absolute atomic E-state index is 9.97. The van der Waals surface area contributed by atoms with Gasteiger partial charge in [0.1, 0.15) is 11.5 Å². The summed E-state index contributed by atoms with van der Waals surface area (Å²) in [5.74, 6) is 1.55. The number of fused-ring (bicyclic) bond motifs is 18. The Balaban J connectivity index is 1.07. The van der Waals surface area contributed by atoms with Gasteiger partial charge in [0, 0.05) is 60.3 Å². The monoisotopic (exact) mass is 854 g/mol. The van der Waals surface area contributed by atoms with E-state index < -0.39 is 5.41 Å². The Bertz CT molecular complexity index is 4080. The molecular weight excluding hydrogens is 821 g/mol. The third-order valence-electron chi connectivity index (χ3n) is 14.4. The number of rotatable bonds is 3. The van der Waals surface area contributed by atoms with Crippen molar-refractivity contribution in [2.24, 2.45) is 0 Å². The van der Waals surface area contributed by atoms with Crippen LogP contribution in [0.1, 0.15) is 27.8 Å². The highest BCUT2D eigenvalue weighted by Crippen LogP contribution is 2.62. The Morgan fingerprint density at radius 2 is 0.791 bits per heavy atom. The van der Waals surface area contributed by atoms with E-state index >= 15 is 0 Å². The van der Waals surface area contributed by atoms with Crippen LogP contribution in [-0.2, 0) is 5.41 Å². The number of benzene rings is 8. The summed E-state index contributed by atoms with van der Waals surface area (Å²) in [7, 11) is 0. The molecule has 310 valence electrons. The number of ether oxygens (including phenoxy) is 1. The van der Waals surface area contributed by atoms with Crippen molar-refractivity contribution in [3.8, 4) is 46.0 Å². The Labute approximate surface area is 383 Å². The molecule has 7 nitrogen and oxygen atoms in total.